The van der Waals surface area contributed by atoms with Crippen molar-refractivity contribution in [3.05, 3.63) is 63.7 Å². The molecule has 9 heteroatoms. The van der Waals surface area contributed by atoms with E-state index in [1.807, 2.05) is 30.5 Å². The third-order valence-electron chi connectivity index (χ3n) is 6.96. The van der Waals surface area contributed by atoms with Gasteiger partial charge in [0.15, 0.2) is 5.82 Å². The minimum Gasteiger partial charge on any atom is -0.384 e. The third kappa shape index (κ3) is 3.78. The van der Waals surface area contributed by atoms with E-state index in [4.69, 9.17) is 0 Å². The van der Waals surface area contributed by atoms with Crippen molar-refractivity contribution in [3.8, 4) is 0 Å². The van der Waals surface area contributed by atoms with Crippen LogP contribution in [0.1, 0.15) is 62.5 Å². The first-order valence-electron chi connectivity index (χ1n) is 11.8. The lowest BCUT2D eigenvalue weighted by molar-refractivity contribution is -0.168. The van der Waals surface area contributed by atoms with Crippen molar-refractivity contribution in [1.29, 1.82) is 0 Å². The summed E-state index contributed by atoms with van der Waals surface area (Å²) in [5.74, 6) is -2.90. The molecule has 0 saturated heterocycles. The van der Waals surface area contributed by atoms with E-state index in [9.17, 15) is 18.7 Å². The summed E-state index contributed by atoms with van der Waals surface area (Å²) in [6.45, 7) is 5.92. The number of fused-ring (bicyclic) bond motifs is 2. The van der Waals surface area contributed by atoms with Crippen LogP contribution in [0.2, 0.25) is 0 Å². The Morgan fingerprint density at radius 2 is 1.80 bits per heavy atom. The van der Waals surface area contributed by atoms with Crippen molar-refractivity contribution < 1.29 is 13.9 Å². The van der Waals surface area contributed by atoms with E-state index in [2.05, 4.69) is 15.5 Å². The predicted octanol–water partition coefficient (Wildman–Crippen LogP) is 4.96. The summed E-state index contributed by atoms with van der Waals surface area (Å²) in [6.07, 6.45) is 1.97. The molecule has 0 bridgehead atoms. The molecule has 184 valence electrons. The number of hydrogen-bond acceptors (Lipinski definition) is 5. The number of nitrogens with one attached hydrogen (secondary N) is 1. The Morgan fingerprint density at radius 3 is 2.46 bits per heavy atom. The van der Waals surface area contributed by atoms with Crippen LogP contribution in [-0.2, 0) is 13.0 Å². The van der Waals surface area contributed by atoms with Crippen molar-refractivity contribution in [2.45, 2.75) is 64.1 Å². The highest BCUT2D eigenvalue weighted by molar-refractivity contribution is 6.01. The maximum atomic E-state index is 14.8. The fourth-order valence-electron chi connectivity index (χ4n) is 4.57. The van der Waals surface area contributed by atoms with Gasteiger partial charge < -0.3 is 10.4 Å². The SMILES string of the molecule is Cc1nnc(N[C@H](C)c2cccc(C(F)(F)C(C)(C)O)c2)c2cc3c(cc12)n(C)c(=O)n3C1CC1. The molecule has 2 heterocycles. The van der Waals surface area contributed by atoms with Crippen LogP contribution < -0.4 is 11.0 Å². The number of halogens is 2. The van der Waals surface area contributed by atoms with Gasteiger partial charge in [-0.25, -0.2) is 4.79 Å². The first-order valence-corrected chi connectivity index (χ1v) is 11.8. The Balaban J connectivity index is 1.58. The van der Waals surface area contributed by atoms with Crippen LogP contribution in [0.5, 0.6) is 0 Å². The van der Waals surface area contributed by atoms with Crippen molar-refractivity contribution in [2.24, 2.45) is 7.05 Å². The van der Waals surface area contributed by atoms with Gasteiger partial charge in [0.1, 0.15) is 5.60 Å². The van der Waals surface area contributed by atoms with Gasteiger partial charge in [-0.05, 0) is 64.3 Å². The zero-order valence-corrected chi connectivity index (χ0v) is 20.4. The summed E-state index contributed by atoms with van der Waals surface area (Å²) in [5, 5.41) is 23.6. The van der Waals surface area contributed by atoms with Gasteiger partial charge >= 0.3 is 11.6 Å². The number of benzene rings is 2. The number of imidazole rings is 1. The van der Waals surface area contributed by atoms with Gasteiger partial charge in [0.05, 0.1) is 22.8 Å². The maximum absolute atomic E-state index is 14.8. The van der Waals surface area contributed by atoms with Crippen molar-refractivity contribution in [3.63, 3.8) is 0 Å². The molecule has 1 saturated carbocycles. The minimum absolute atomic E-state index is 0.0381. The van der Waals surface area contributed by atoms with Gasteiger partial charge in [-0.15, -0.1) is 5.10 Å². The van der Waals surface area contributed by atoms with E-state index in [1.54, 1.807) is 23.7 Å². The fourth-order valence-corrected chi connectivity index (χ4v) is 4.57. The third-order valence-corrected chi connectivity index (χ3v) is 6.96. The predicted molar refractivity (Wildman–Crippen MR) is 132 cm³/mol. The molecular weight excluding hydrogens is 452 g/mol. The van der Waals surface area contributed by atoms with Crippen LogP contribution in [0.3, 0.4) is 0 Å². The van der Waals surface area contributed by atoms with Gasteiger partial charge in [-0.2, -0.15) is 13.9 Å². The standard InChI is InChI=1S/C26H29F2N5O2/c1-14(16-7-6-8-17(11-16)26(27,28)25(3,4)35)29-23-20-13-22-21(12-19(20)15(2)30-31-23)32(5)24(34)33(22)18-9-10-18/h6-8,11-14,18,35H,9-10H2,1-5H3,(H,29,31)/t14-/m1/s1. The molecule has 2 N–H and O–H groups in total. The van der Waals surface area contributed by atoms with Crippen LogP contribution in [0.15, 0.2) is 41.2 Å². The lowest BCUT2D eigenvalue weighted by Crippen LogP contribution is -2.40. The van der Waals surface area contributed by atoms with Crippen molar-refractivity contribution >= 4 is 27.6 Å². The second kappa shape index (κ2) is 7.84. The molecule has 2 aromatic carbocycles. The molecule has 1 aliphatic carbocycles. The van der Waals surface area contributed by atoms with E-state index in [0.29, 0.717) is 11.4 Å². The number of anilines is 1. The number of aliphatic hydroxyl groups is 1. The first kappa shape index (κ1) is 23.4. The molecule has 0 aliphatic heterocycles. The maximum Gasteiger partial charge on any atom is 0.329 e. The Kier molecular flexibility index (Phi) is 5.25. The lowest BCUT2D eigenvalue weighted by Gasteiger charge is -2.30. The molecule has 1 fully saturated rings. The Bertz CT molecular complexity index is 1510. The highest BCUT2D eigenvalue weighted by Crippen LogP contribution is 2.40. The summed E-state index contributed by atoms with van der Waals surface area (Å²) in [4.78, 5) is 12.9. The second-order valence-corrected chi connectivity index (χ2v) is 10.1. The Morgan fingerprint density at radius 1 is 1.11 bits per heavy atom. The lowest BCUT2D eigenvalue weighted by atomic mass is 9.91. The number of rotatable bonds is 6. The van der Waals surface area contributed by atoms with Gasteiger partial charge in [0.25, 0.3) is 0 Å². The van der Waals surface area contributed by atoms with Crippen LogP contribution in [0, 0.1) is 6.92 Å². The summed E-state index contributed by atoms with van der Waals surface area (Å²) in [7, 11) is 1.77. The second-order valence-electron chi connectivity index (χ2n) is 10.1. The summed E-state index contributed by atoms with van der Waals surface area (Å²) in [6, 6.07) is 9.82. The zero-order chi connectivity index (χ0) is 25.3. The van der Waals surface area contributed by atoms with Gasteiger partial charge in [-0.1, -0.05) is 18.2 Å². The number of nitrogens with zero attached hydrogens (tertiary/aromatic N) is 4. The average molecular weight is 482 g/mol. The number of alkyl halides is 2. The zero-order valence-electron chi connectivity index (χ0n) is 20.4. The van der Waals surface area contributed by atoms with Crippen LogP contribution in [0.25, 0.3) is 21.8 Å². The molecule has 4 aromatic rings. The van der Waals surface area contributed by atoms with E-state index in [-0.39, 0.29) is 23.3 Å². The fraction of sp³-hybridized carbons (Fsp3) is 0.423. The summed E-state index contributed by atoms with van der Waals surface area (Å²) < 4.78 is 33.0. The average Bonchev–Trinajstić information content (AvgIpc) is 3.61. The van der Waals surface area contributed by atoms with E-state index < -0.39 is 11.5 Å². The number of aromatic nitrogens is 4. The number of aryl methyl sites for hydroxylation is 2. The van der Waals surface area contributed by atoms with Crippen LogP contribution >= 0.6 is 0 Å². The quantitative estimate of drug-likeness (QED) is 0.407. The molecule has 1 atom stereocenters. The molecule has 0 unspecified atom stereocenters. The van der Waals surface area contributed by atoms with Crippen LogP contribution in [0.4, 0.5) is 14.6 Å². The molecule has 0 spiro atoms. The molecule has 2 aromatic heterocycles. The van der Waals surface area contributed by atoms with Gasteiger partial charge in [0.2, 0.25) is 0 Å². The molecule has 0 radical (unpaired) electrons. The Labute approximate surface area is 201 Å². The molecule has 0 amide bonds. The normalized spacial score (nSPS) is 15.7. The molecule has 5 rings (SSSR count). The minimum atomic E-state index is -3.41. The summed E-state index contributed by atoms with van der Waals surface area (Å²) in [5.41, 5.74) is 0.558. The van der Waals surface area contributed by atoms with Gasteiger partial charge in [0, 0.05) is 29.4 Å². The van der Waals surface area contributed by atoms with E-state index in [0.717, 1.165) is 54.2 Å². The summed E-state index contributed by atoms with van der Waals surface area (Å²) >= 11 is 0. The largest absolute Gasteiger partial charge is 0.384 e. The highest BCUT2D eigenvalue weighted by Gasteiger charge is 2.47. The van der Waals surface area contributed by atoms with Crippen molar-refractivity contribution in [2.75, 3.05) is 5.32 Å². The van der Waals surface area contributed by atoms with Gasteiger partial charge in [-0.3, -0.25) is 9.13 Å². The van der Waals surface area contributed by atoms with Crippen LogP contribution in [-0.4, -0.2) is 30.0 Å². The molecule has 35 heavy (non-hydrogen) atoms. The monoisotopic (exact) mass is 481 g/mol. The van der Waals surface area contributed by atoms with E-state index >= 15 is 0 Å². The number of hydrogen-bond donors (Lipinski definition) is 2. The smallest absolute Gasteiger partial charge is 0.329 e. The molecule has 1 aliphatic rings. The highest BCUT2D eigenvalue weighted by atomic mass is 19.3. The molecule has 7 nitrogen and oxygen atoms in total. The van der Waals surface area contributed by atoms with E-state index in [1.165, 1.54) is 12.1 Å². The Hall–Kier alpha value is -3.33. The molecular formula is C26H29F2N5O2. The first-order chi connectivity index (χ1) is 16.4. The van der Waals surface area contributed by atoms with Crippen molar-refractivity contribution in [1.82, 2.24) is 19.3 Å². The topological polar surface area (TPSA) is 85.0 Å².